The van der Waals surface area contributed by atoms with Crippen LogP contribution in [0.25, 0.3) is 0 Å². The Morgan fingerprint density at radius 2 is 2.07 bits per heavy atom. The molecule has 1 spiro atoms. The summed E-state index contributed by atoms with van der Waals surface area (Å²) in [7, 11) is 0. The summed E-state index contributed by atoms with van der Waals surface area (Å²) in [6, 6.07) is 12.3. The fraction of sp³-hybridized carbons (Fsp3) is 0.455. The number of hydrogen-bond donors (Lipinski definition) is 1. The molecule has 0 saturated carbocycles. The highest BCUT2D eigenvalue weighted by atomic mass is 16.3. The Morgan fingerprint density at radius 3 is 2.89 bits per heavy atom. The van der Waals surface area contributed by atoms with Crippen LogP contribution in [0.5, 0.6) is 0 Å². The second-order valence-electron chi connectivity index (χ2n) is 7.93. The Hall–Kier alpha value is -2.40. The average Bonchev–Trinajstić information content (AvgIpc) is 3.11. The molecule has 4 rings (SSSR count). The molecule has 0 bridgehead atoms. The first kappa shape index (κ1) is 18.0. The van der Waals surface area contributed by atoms with Gasteiger partial charge >= 0.3 is 0 Å². The van der Waals surface area contributed by atoms with Crippen LogP contribution in [0, 0.1) is 12.3 Å². The van der Waals surface area contributed by atoms with Crippen molar-refractivity contribution in [3.8, 4) is 0 Å². The largest absolute Gasteiger partial charge is 0.390 e. The minimum Gasteiger partial charge on any atom is -0.390 e. The molecule has 5 heteroatoms. The molecule has 1 N–H and O–H groups in total. The van der Waals surface area contributed by atoms with Gasteiger partial charge in [0.25, 0.3) is 0 Å². The number of carbonyl (C=O) groups is 1. The van der Waals surface area contributed by atoms with Crippen molar-refractivity contribution < 1.29 is 9.90 Å². The number of carbonyl (C=O) groups excluding carboxylic acids is 1. The first-order valence-corrected chi connectivity index (χ1v) is 9.75. The lowest BCUT2D eigenvalue weighted by Crippen LogP contribution is -2.49. The predicted octanol–water partition coefficient (Wildman–Crippen LogP) is 2.90. The van der Waals surface area contributed by atoms with Gasteiger partial charge in [0.1, 0.15) is 0 Å². The third kappa shape index (κ3) is 3.56. The van der Waals surface area contributed by atoms with Crippen LogP contribution in [0.4, 0.5) is 5.69 Å². The van der Waals surface area contributed by atoms with Gasteiger partial charge in [0.2, 0.25) is 5.91 Å². The molecule has 27 heavy (non-hydrogen) atoms. The highest BCUT2D eigenvalue weighted by Crippen LogP contribution is 2.42. The Kier molecular flexibility index (Phi) is 4.87. The molecule has 1 amide bonds. The van der Waals surface area contributed by atoms with Gasteiger partial charge in [-0.25, -0.2) is 0 Å². The van der Waals surface area contributed by atoms with Crippen LogP contribution in [0.15, 0.2) is 42.6 Å². The van der Waals surface area contributed by atoms with Crippen molar-refractivity contribution in [3.63, 3.8) is 0 Å². The zero-order chi connectivity index (χ0) is 18.9. The van der Waals surface area contributed by atoms with Gasteiger partial charge in [-0.3, -0.25) is 9.78 Å². The number of piperidine rings is 1. The quantitative estimate of drug-likeness (QED) is 0.905. The third-order valence-corrected chi connectivity index (χ3v) is 5.96. The minimum absolute atomic E-state index is 0.0595. The lowest BCUT2D eigenvalue weighted by molar-refractivity contribution is -0.145. The van der Waals surface area contributed by atoms with E-state index in [1.807, 2.05) is 17.0 Å². The highest BCUT2D eigenvalue weighted by molar-refractivity contribution is 5.85. The average molecular weight is 365 g/mol. The maximum absolute atomic E-state index is 13.4. The van der Waals surface area contributed by atoms with Crippen molar-refractivity contribution >= 4 is 11.6 Å². The molecule has 5 nitrogen and oxygen atoms in total. The lowest BCUT2D eigenvalue weighted by atomic mass is 9.78. The van der Waals surface area contributed by atoms with Gasteiger partial charge in [-0.05, 0) is 43.9 Å². The van der Waals surface area contributed by atoms with Gasteiger partial charge in [0, 0.05) is 38.1 Å². The number of amides is 1. The summed E-state index contributed by atoms with van der Waals surface area (Å²) in [5, 5.41) is 9.34. The normalized spacial score (nSPS) is 22.7. The molecule has 2 saturated heterocycles. The predicted molar refractivity (Wildman–Crippen MR) is 105 cm³/mol. The zero-order valence-corrected chi connectivity index (χ0v) is 15.9. The molecule has 2 fully saturated rings. The summed E-state index contributed by atoms with van der Waals surface area (Å²) in [6.07, 6.45) is 4.65. The standard InChI is InChI=1S/C22H27N3O2/c1-17-4-2-5-18(12-17)14-24-10-3-7-22(21(24)27)8-11-25(16-22)20-6-9-23-19(13-20)15-26/h2,4-6,9,12-13,26H,3,7-8,10-11,14-16H2,1H3/t22-/m1/s1. The molecular weight excluding hydrogens is 338 g/mol. The monoisotopic (exact) mass is 365 g/mol. The first-order chi connectivity index (χ1) is 13.1. The Balaban J connectivity index is 1.50. The van der Waals surface area contributed by atoms with E-state index in [1.54, 1.807) is 6.20 Å². The SMILES string of the molecule is Cc1cccc(CN2CCC[C@]3(CCN(c4ccnc(CO)c4)C3)C2=O)c1. The van der Waals surface area contributed by atoms with Crippen LogP contribution in [-0.4, -0.2) is 40.5 Å². The highest BCUT2D eigenvalue weighted by Gasteiger charge is 2.48. The summed E-state index contributed by atoms with van der Waals surface area (Å²) in [6.45, 7) is 5.21. The number of likely N-dealkylation sites (tertiary alicyclic amines) is 1. The summed E-state index contributed by atoms with van der Waals surface area (Å²) >= 11 is 0. The maximum atomic E-state index is 13.4. The van der Waals surface area contributed by atoms with Crippen molar-refractivity contribution in [2.75, 3.05) is 24.5 Å². The number of anilines is 1. The molecule has 2 aliphatic rings. The van der Waals surface area contributed by atoms with E-state index in [-0.39, 0.29) is 12.0 Å². The number of benzene rings is 1. The topological polar surface area (TPSA) is 56.7 Å². The van der Waals surface area contributed by atoms with Gasteiger partial charge in [-0.15, -0.1) is 0 Å². The second-order valence-corrected chi connectivity index (χ2v) is 7.93. The number of pyridine rings is 1. The maximum Gasteiger partial charge on any atom is 0.230 e. The van der Waals surface area contributed by atoms with E-state index in [4.69, 9.17) is 0 Å². The van der Waals surface area contributed by atoms with E-state index in [1.165, 1.54) is 11.1 Å². The fourth-order valence-corrected chi connectivity index (χ4v) is 4.55. The summed E-state index contributed by atoms with van der Waals surface area (Å²) in [4.78, 5) is 21.9. The van der Waals surface area contributed by atoms with Gasteiger partial charge in [0.15, 0.2) is 0 Å². The van der Waals surface area contributed by atoms with E-state index in [2.05, 4.69) is 41.1 Å². The van der Waals surface area contributed by atoms with E-state index in [0.717, 1.165) is 44.6 Å². The number of rotatable bonds is 4. The van der Waals surface area contributed by atoms with Crippen LogP contribution in [-0.2, 0) is 17.9 Å². The molecule has 1 aromatic heterocycles. The lowest BCUT2D eigenvalue weighted by Gasteiger charge is -2.39. The number of aliphatic hydroxyl groups is 1. The minimum atomic E-state index is -0.273. The molecule has 142 valence electrons. The van der Waals surface area contributed by atoms with Crippen molar-refractivity contribution in [1.29, 1.82) is 0 Å². The smallest absolute Gasteiger partial charge is 0.230 e. The van der Waals surface area contributed by atoms with Crippen molar-refractivity contribution in [2.24, 2.45) is 5.41 Å². The van der Waals surface area contributed by atoms with E-state index < -0.39 is 0 Å². The van der Waals surface area contributed by atoms with Gasteiger partial charge in [-0.1, -0.05) is 29.8 Å². The Bertz CT molecular complexity index is 838. The summed E-state index contributed by atoms with van der Waals surface area (Å²) in [5.74, 6) is 0.300. The number of hydrogen-bond acceptors (Lipinski definition) is 4. The van der Waals surface area contributed by atoms with Crippen molar-refractivity contribution in [3.05, 3.63) is 59.4 Å². The molecule has 0 radical (unpaired) electrons. The van der Waals surface area contributed by atoms with Crippen molar-refractivity contribution in [1.82, 2.24) is 9.88 Å². The molecule has 0 unspecified atom stereocenters. The second kappa shape index (κ2) is 7.31. The molecule has 0 aliphatic carbocycles. The van der Waals surface area contributed by atoms with Crippen LogP contribution in [0.2, 0.25) is 0 Å². The number of aliphatic hydroxyl groups excluding tert-OH is 1. The molecule has 3 heterocycles. The number of aromatic nitrogens is 1. The number of nitrogens with zero attached hydrogens (tertiary/aromatic N) is 3. The van der Waals surface area contributed by atoms with E-state index >= 15 is 0 Å². The summed E-state index contributed by atoms with van der Waals surface area (Å²) < 4.78 is 0. The zero-order valence-electron chi connectivity index (χ0n) is 15.9. The van der Waals surface area contributed by atoms with E-state index in [9.17, 15) is 9.90 Å². The van der Waals surface area contributed by atoms with E-state index in [0.29, 0.717) is 18.1 Å². The van der Waals surface area contributed by atoms with Crippen molar-refractivity contribution in [2.45, 2.75) is 39.3 Å². The van der Waals surface area contributed by atoms with Gasteiger partial charge in [0.05, 0.1) is 17.7 Å². The van der Waals surface area contributed by atoms with Gasteiger partial charge < -0.3 is 14.9 Å². The van der Waals surface area contributed by atoms with Crippen LogP contribution < -0.4 is 4.90 Å². The summed E-state index contributed by atoms with van der Waals surface area (Å²) in [5.41, 5.74) is 3.89. The molecule has 2 aromatic rings. The molecule has 1 aromatic carbocycles. The van der Waals surface area contributed by atoms with Crippen LogP contribution in [0.3, 0.4) is 0 Å². The van der Waals surface area contributed by atoms with Crippen LogP contribution in [0.1, 0.15) is 36.1 Å². The fourth-order valence-electron chi connectivity index (χ4n) is 4.55. The van der Waals surface area contributed by atoms with Gasteiger partial charge in [-0.2, -0.15) is 0 Å². The molecule has 2 aliphatic heterocycles. The molecular formula is C22H27N3O2. The number of aryl methyl sites for hydroxylation is 1. The third-order valence-electron chi connectivity index (χ3n) is 5.96. The Morgan fingerprint density at radius 1 is 1.19 bits per heavy atom. The first-order valence-electron chi connectivity index (χ1n) is 9.75. The van der Waals surface area contributed by atoms with Crippen LogP contribution >= 0.6 is 0 Å². The molecule has 1 atom stereocenters. The Labute approximate surface area is 160 Å².